The lowest BCUT2D eigenvalue weighted by Gasteiger charge is -2.36. The van der Waals surface area contributed by atoms with Gasteiger partial charge >= 0.3 is 0 Å². The third-order valence-electron chi connectivity index (χ3n) is 6.38. The van der Waals surface area contributed by atoms with E-state index in [-0.39, 0.29) is 23.8 Å². The fourth-order valence-electron chi connectivity index (χ4n) is 5.24. The van der Waals surface area contributed by atoms with Crippen molar-refractivity contribution in [2.45, 2.75) is 43.7 Å². The van der Waals surface area contributed by atoms with Gasteiger partial charge in [0.15, 0.2) is 0 Å². The number of carbonyl (C=O) groups excluding carboxylic acids is 2. The van der Waals surface area contributed by atoms with E-state index < -0.39 is 11.5 Å². The van der Waals surface area contributed by atoms with Gasteiger partial charge in [0.1, 0.15) is 5.41 Å². The Hall–Kier alpha value is -2.37. The molecule has 0 saturated carbocycles. The molecule has 1 saturated heterocycles. The van der Waals surface area contributed by atoms with E-state index in [1.165, 1.54) is 0 Å². The van der Waals surface area contributed by atoms with Gasteiger partial charge in [0.2, 0.25) is 11.8 Å². The summed E-state index contributed by atoms with van der Waals surface area (Å²) in [6.45, 7) is 4.28. The fraction of sp³-hybridized carbons (Fsp3) is 0.417. The zero-order valence-electron chi connectivity index (χ0n) is 17.8. The number of amides is 2. The van der Waals surface area contributed by atoms with Crippen LogP contribution in [0.4, 0.5) is 5.69 Å². The molecule has 2 aliphatic rings. The van der Waals surface area contributed by atoms with Crippen LogP contribution in [0.25, 0.3) is 0 Å². The lowest BCUT2D eigenvalue weighted by molar-refractivity contribution is -0.131. The van der Waals surface area contributed by atoms with Crippen molar-refractivity contribution in [1.29, 1.82) is 0 Å². The number of anilines is 1. The maximum atomic E-state index is 13.8. The molecule has 158 valence electrons. The summed E-state index contributed by atoms with van der Waals surface area (Å²) < 4.78 is 0. The second-order valence-corrected chi connectivity index (χ2v) is 9.40. The summed E-state index contributed by atoms with van der Waals surface area (Å²) in [4.78, 5) is 28.7. The van der Waals surface area contributed by atoms with E-state index in [1.54, 1.807) is 25.1 Å². The van der Waals surface area contributed by atoms with Crippen molar-refractivity contribution in [2.24, 2.45) is 5.92 Å². The fourth-order valence-corrected chi connectivity index (χ4v) is 5.41. The van der Waals surface area contributed by atoms with E-state index in [9.17, 15) is 9.59 Å². The van der Waals surface area contributed by atoms with Crippen molar-refractivity contribution < 1.29 is 9.59 Å². The summed E-state index contributed by atoms with van der Waals surface area (Å²) in [6.07, 6.45) is 0.774. The smallest absolute Gasteiger partial charge is 0.239 e. The first-order valence-electron chi connectivity index (χ1n) is 10.4. The monoisotopic (exact) mass is 425 g/mol. The molecule has 30 heavy (non-hydrogen) atoms. The zero-order chi connectivity index (χ0) is 21.6. The summed E-state index contributed by atoms with van der Waals surface area (Å²) in [5.74, 6) is -0.0709. The second-order valence-electron chi connectivity index (χ2n) is 8.96. The summed E-state index contributed by atoms with van der Waals surface area (Å²) in [6, 6.07) is 14.8. The predicted octanol–water partition coefficient (Wildman–Crippen LogP) is 3.79. The Labute approximate surface area is 182 Å². The lowest BCUT2D eigenvalue weighted by Crippen LogP contribution is -2.48. The first-order valence-corrected chi connectivity index (χ1v) is 10.8. The third kappa shape index (κ3) is 3.12. The minimum Gasteiger partial charge on any atom is -0.347 e. The van der Waals surface area contributed by atoms with Gasteiger partial charge in [-0.3, -0.25) is 9.59 Å². The Morgan fingerprint density at radius 2 is 1.87 bits per heavy atom. The van der Waals surface area contributed by atoms with Gasteiger partial charge in [-0.1, -0.05) is 61.8 Å². The first kappa shape index (κ1) is 20.9. The number of nitrogens with zero attached hydrogens (tertiary/aromatic N) is 1. The van der Waals surface area contributed by atoms with Gasteiger partial charge in [0.05, 0.1) is 6.04 Å². The highest BCUT2D eigenvalue weighted by atomic mass is 35.5. The minimum absolute atomic E-state index is 0.0234. The molecular formula is C24H28ClN3O2. The van der Waals surface area contributed by atoms with Crippen molar-refractivity contribution in [3.8, 4) is 0 Å². The molecule has 4 atom stereocenters. The number of halogens is 1. The number of rotatable bonds is 4. The van der Waals surface area contributed by atoms with Crippen LogP contribution in [0.5, 0.6) is 0 Å². The van der Waals surface area contributed by atoms with Crippen LogP contribution in [0.3, 0.4) is 0 Å². The molecule has 4 rings (SSSR count). The van der Waals surface area contributed by atoms with Gasteiger partial charge in [0, 0.05) is 36.8 Å². The molecule has 2 heterocycles. The Bertz CT molecular complexity index is 976. The number of hydrogen-bond acceptors (Lipinski definition) is 3. The van der Waals surface area contributed by atoms with Crippen LogP contribution >= 0.6 is 11.6 Å². The van der Waals surface area contributed by atoms with Crippen LogP contribution in [-0.2, 0) is 15.0 Å². The van der Waals surface area contributed by atoms with Gasteiger partial charge in [0.25, 0.3) is 0 Å². The number of likely N-dealkylation sites (N-methyl/N-ethyl adjacent to an activating group) is 1. The summed E-state index contributed by atoms with van der Waals surface area (Å²) in [5, 5.41) is 7.24. The van der Waals surface area contributed by atoms with Crippen LogP contribution in [0.15, 0.2) is 48.5 Å². The van der Waals surface area contributed by atoms with E-state index >= 15 is 0 Å². The number of fused-ring (bicyclic) bond motifs is 2. The summed E-state index contributed by atoms with van der Waals surface area (Å²) in [5.41, 5.74) is 1.75. The number of carbonyl (C=O) groups is 2. The van der Waals surface area contributed by atoms with Gasteiger partial charge in [-0.05, 0) is 35.6 Å². The second kappa shape index (κ2) is 7.71. The molecule has 2 amide bonds. The normalized spacial score (nSPS) is 27.4. The van der Waals surface area contributed by atoms with Crippen molar-refractivity contribution in [1.82, 2.24) is 10.2 Å². The van der Waals surface area contributed by atoms with Gasteiger partial charge in [-0.25, -0.2) is 0 Å². The Morgan fingerprint density at radius 1 is 1.17 bits per heavy atom. The lowest BCUT2D eigenvalue weighted by atomic mass is 9.63. The third-order valence-corrected chi connectivity index (χ3v) is 6.61. The number of benzene rings is 2. The quantitative estimate of drug-likeness (QED) is 0.783. The number of nitrogens with one attached hydrogen (secondary N) is 2. The first-order chi connectivity index (χ1) is 14.3. The van der Waals surface area contributed by atoms with Crippen LogP contribution in [0, 0.1) is 5.92 Å². The predicted molar refractivity (Wildman–Crippen MR) is 120 cm³/mol. The molecule has 0 radical (unpaired) electrons. The highest BCUT2D eigenvalue weighted by Crippen LogP contribution is 2.56. The molecule has 0 aromatic heterocycles. The van der Waals surface area contributed by atoms with Crippen LogP contribution in [-0.4, -0.2) is 42.9 Å². The van der Waals surface area contributed by atoms with Crippen molar-refractivity contribution in [2.75, 3.05) is 19.4 Å². The summed E-state index contributed by atoms with van der Waals surface area (Å²) in [7, 11) is 3.52. The minimum atomic E-state index is -0.887. The van der Waals surface area contributed by atoms with Gasteiger partial charge in [-0.2, -0.15) is 0 Å². The van der Waals surface area contributed by atoms with Crippen LogP contribution in [0.2, 0.25) is 5.02 Å². The van der Waals surface area contributed by atoms with E-state index in [1.807, 2.05) is 42.5 Å². The van der Waals surface area contributed by atoms with E-state index in [0.29, 0.717) is 10.9 Å². The molecule has 2 aromatic rings. The summed E-state index contributed by atoms with van der Waals surface area (Å²) >= 11 is 6.23. The molecule has 2 aliphatic heterocycles. The van der Waals surface area contributed by atoms with Gasteiger partial charge in [-0.15, -0.1) is 0 Å². The highest BCUT2D eigenvalue weighted by Gasteiger charge is 2.65. The molecule has 0 bridgehead atoms. The van der Waals surface area contributed by atoms with Crippen molar-refractivity contribution in [3.63, 3.8) is 0 Å². The van der Waals surface area contributed by atoms with Crippen molar-refractivity contribution in [3.05, 3.63) is 64.7 Å². The molecule has 1 spiro atoms. The van der Waals surface area contributed by atoms with Crippen LogP contribution < -0.4 is 10.6 Å². The Kier molecular flexibility index (Phi) is 5.37. The largest absolute Gasteiger partial charge is 0.347 e. The average molecular weight is 426 g/mol. The zero-order valence-corrected chi connectivity index (χ0v) is 18.5. The standard InChI is InChI=1S/C24H28ClN3O2/c1-14(2)12-19-24(17-11-10-16(25)13-18(17)26-23(24)30)20(15-8-6-5-7-9-15)21(27-19)22(29)28(3)4/h5-11,13-14,19-21,27H,12H2,1-4H3,(H,26,30)/t19-,20+,21-,24+/m1/s1. The number of hydrogen-bond donors (Lipinski definition) is 2. The Balaban J connectivity index is 1.98. The molecule has 0 unspecified atom stereocenters. The maximum absolute atomic E-state index is 13.8. The molecule has 2 N–H and O–H groups in total. The molecule has 0 aliphatic carbocycles. The SMILES string of the molecule is CC(C)C[C@H]1N[C@@H](C(=O)N(C)C)[C@H](c2ccccc2)[C@@]12C(=O)Nc1cc(Cl)ccc12. The highest BCUT2D eigenvalue weighted by molar-refractivity contribution is 6.31. The molecule has 1 fully saturated rings. The average Bonchev–Trinajstić information content (AvgIpc) is 3.17. The van der Waals surface area contributed by atoms with Gasteiger partial charge < -0.3 is 15.5 Å². The maximum Gasteiger partial charge on any atom is 0.239 e. The van der Waals surface area contributed by atoms with E-state index in [2.05, 4.69) is 24.5 Å². The van der Waals surface area contributed by atoms with E-state index in [0.717, 1.165) is 23.2 Å². The van der Waals surface area contributed by atoms with Crippen molar-refractivity contribution >= 4 is 29.1 Å². The molecule has 2 aromatic carbocycles. The Morgan fingerprint density at radius 3 is 2.50 bits per heavy atom. The molecular weight excluding hydrogens is 398 g/mol. The molecule has 6 heteroatoms. The topological polar surface area (TPSA) is 61.4 Å². The van der Waals surface area contributed by atoms with E-state index in [4.69, 9.17) is 11.6 Å². The molecule has 5 nitrogen and oxygen atoms in total. The van der Waals surface area contributed by atoms with Crippen LogP contribution in [0.1, 0.15) is 37.3 Å².